The van der Waals surface area contributed by atoms with E-state index in [0.717, 1.165) is 39.2 Å². The van der Waals surface area contributed by atoms with Crippen LogP contribution in [-0.2, 0) is 0 Å². The molecule has 0 N–H and O–H groups in total. The zero-order valence-corrected chi connectivity index (χ0v) is 26.9. The van der Waals surface area contributed by atoms with Crippen LogP contribution in [0.25, 0.3) is 16.7 Å². The van der Waals surface area contributed by atoms with Crippen LogP contribution in [0.2, 0.25) is 0 Å². The van der Waals surface area contributed by atoms with Crippen LogP contribution < -0.4 is 0 Å². The molecular formula is C28H28N4O8S4. The fourth-order valence-electron chi connectivity index (χ4n) is 5.54. The van der Waals surface area contributed by atoms with Gasteiger partial charge in [-0.2, -0.15) is 0 Å². The molecule has 2 aromatic carbocycles. The minimum atomic E-state index is -0.811. The van der Waals surface area contributed by atoms with Crippen molar-refractivity contribution in [2.45, 2.75) is 70.0 Å². The van der Waals surface area contributed by atoms with Gasteiger partial charge < -0.3 is 0 Å². The standard InChI is InChI=1S/C28H28N4O8S4/c1-2-3-4-5-6-7-8-9-10-18-15-41-27-28(42-18)44-26(43-27)23-19-11-16(29(33)34)13-21(31(37)38)24(19)25-20(23)12-17(30(35)36)14-22(25)32(39)40/h11-14,18H,2-10,15H2,1H3/t18-/m0/s1. The van der Waals surface area contributed by atoms with E-state index < -0.39 is 42.4 Å². The summed E-state index contributed by atoms with van der Waals surface area (Å²) in [6.07, 6.45) is 11.0. The largest absolute Gasteiger partial charge is 0.284 e. The van der Waals surface area contributed by atoms with Gasteiger partial charge in [-0.1, -0.05) is 81.8 Å². The molecule has 3 aliphatic rings. The maximum atomic E-state index is 12.1. The van der Waals surface area contributed by atoms with E-state index in [-0.39, 0.29) is 22.3 Å². The number of hydrogen-bond acceptors (Lipinski definition) is 12. The molecule has 0 saturated carbocycles. The monoisotopic (exact) mass is 676 g/mol. The number of hydrogen-bond donors (Lipinski definition) is 0. The number of unbranched alkanes of at least 4 members (excludes halogenated alkanes) is 7. The molecule has 12 nitrogen and oxygen atoms in total. The van der Waals surface area contributed by atoms with Gasteiger partial charge in [0.2, 0.25) is 0 Å². The highest BCUT2D eigenvalue weighted by atomic mass is 32.3. The Morgan fingerprint density at radius 3 is 1.66 bits per heavy atom. The number of benzene rings is 2. The molecule has 1 aliphatic carbocycles. The molecule has 2 aromatic rings. The summed E-state index contributed by atoms with van der Waals surface area (Å²) in [6, 6.07) is 3.90. The van der Waals surface area contributed by atoms with Crippen molar-refractivity contribution in [1.82, 2.24) is 0 Å². The average molecular weight is 677 g/mol. The third kappa shape index (κ3) is 6.62. The van der Waals surface area contributed by atoms with Crippen LogP contribution >= 0.6 is 47.0 Å². The molecule has 44 heavy (non-hydrogen) atoms. The Bertz CT molecular complexity index is 1540. The highest BCUT2D eigenvalue weighted by Gasteiger charge is 2.43. The van der Waals surface area contributed by atoms with Gasteiger partial charge in [0.05, 0.1) is 55.7 Å². The number of non-ortho nitro benzene ring substituents is 2. The summed E-state index contributed by atoms with van der Waals surface area (Å²) >= 11 is 6.30. The molecule has 0 amide bonds. The van der Waals surface area contributed by atoms with Gasteiger partial charge in [0.25, 0.3) is 22.7 Å². The predicted octanol–water partition coefficient (Wildman–Crippen LogP) is 10.0. The zero-order chi connectivity index (χ0) is 31.5. The molecule has 1 atom stereocenters. The van der Waals surface area contributed by atoms with E-state index in [1.807, 2.05) is 0 Å². The first-order valence-electron chi connectivity index (χ1n) is 14.2. The molecule has 16 heteroatoms. The number of thioether (sulfide) groups is 4. The van der Waals surface area contributed by atoms with Crippen LogP contribution in [0.4, 0.5) is 22.7 Å². The van der Waals surface area contributed by atoms with Gasteiger partial charge >= 0.3 is 0 Å². The normalized spacial score (nSPS) is 17.0. The number of nitro groups is 4. The van der Waals surface area contributed by atoms with E-state index in [1.54, 1.807) is 23.5 Å². The minimum absolute atomic E-state index is 0.0878. The molecule has 0 unspecified atom stereocenters. The summed E-state index contributed by atoms with van der Waals surface area (Å²) in [6.45, 7) is 2.21. The second kappa shape index (κ2) is 13.9. The van der Waals surface area contributed by atoms with E-state index in [1.165, 1.54) is 80.6 Å². The van der Waals surface area contributed by atoms with Crippen molar-refractivity contribution < 1.29 is 19.7 Å². The highest BCUT2D eigenvalue weighted by Crippen LogP contribution is 2.66. The molecule has 0 bridgehead atoms. The van der Waals surface area contributed by atoms with Gasteiger partial charge in [0.1, 0.15) is 0 Å². The molecule has 0 radical (unpaired) electrons. The van der Waals surface area contributed by atoms with Gasteiger partial charge in [-0.3, -0.25) is 40.5 Å². The number of fused-ring (bicyclic) bond motifs is 3. The highest BCUT2D eigenvalue weighted by molar-refractivity contribution is 8.41. The molecular weight excluding hydrogens is 649 g/mol. The lowest BCUT2D eigenvalue weighted by Gasteiger charge is -2.21. The Labute approximate surface area is 269 Å². The quantitative estimate of drug-likeness (QED) is 0.0953. The van der Waals surface area contributed by atoms with E-state index in [2.05, 4.69) is 6.92 Å². The molecule has 0 saturated heterocycles. The van der Waals surface area contributed by atoms with Crippen LogP contribution in [-0.4, -0.2) is 30.7 Å². The maximum absolute atomic E-state index is 12.1. The van der Waals surface area contributed by atoms with Crippen molar-refractivity contribution in [1.29, 1.82) is 0 Å². The lowest BCUT2D eigenvalue weighted by Crippen LogP contribution is -2.09. The van der Waals surface area contributed by atoms with Crippen LogP contribution in [0, 0.1) is 40.5 Å². The van der Waals surface area contributed by atoms with E-state index in [9.17, 15) is 40.5 Å². The number of nitro benzene ring substituents is 4. The molecule has 0 fully saturated rings. The summed E-state index contributed by atoms with van der Waals surface area (Å²) in [5.41, 5.74) is -2.21. The Balaban J connectivity index is 1.48. The van der Waals surface area contributed by atoms with Crippen molar-refractivity contribution >= 4 is 75.4 Å². The second-order valence-corrected chi connectivity index (χ2v) is 15.7. The second-order valence-electron chi connectivity index (χ2n) is 10.6. The van der Waals surface area contributed by atoms with Crippen molar-refractivity contribution in [2.75, 3.05) is 5.75 Å². The van der Waals surface area contributed by atoms with E-state index in [4.69, 9.17) is 0 Å². The molecule has 0 aromatic heterocycles. The van der Waals surface area contributed by atoms with Crippen molar-refractivity contribution in [3.05, 3.63) is 88.6 Å². The number of nitrogens with zero attached hydrogens (tertiary/aromatic N) is 4. The first kappa shape index (κ1) is 32.3. The molecule has 0 spiro atoms. The Kier molecular flexibility index (Phi) is 10.2. The summed E-state index contributed by atoms with van der Waals surface area (Å²) < 4.78 is 2.71. The SMILES string of the molecule is CCCCCCCCCC[C@H]1CSC2=C(SC(=C3c4cc([N+](=O)[O-])cc([N+](=O)[O-])c4-c4c3cc([N+](=O)[O-])cc4[N+](=O)[O-])S2)S1. The van der Waals surface area contributed by atoms with Crippen LogP contribution in [0.1, 0.15) is 75.8 Å². The lowest BCUT2D eigenvalue weighted by atomic mass is 10.0. The summed E-state index contributed by atoms with van der Waals surface area (Å²) in [7, 11) is 0. The third-order valence-electron chi connectivity index (χ3n) is 7.60. The van der Waals surface area contributed by atoms with Crippen molar-refractivity contribution in [3.8, 4) is 11.1 Å². The van der Waals surface area contributed by atoms with Crippen LogP contribution in [0.3, 0.4) is 0 Å². The topological polar surface area (TPSA) is 173 Å². The van der Waals surface area contributed by atoms with Crippen LogP contribution in [0.5, 0.6) is 0 Å². The van der Waals surface area contributed by atoms with Gasteiger partial charge in [-0.15, -0.1) is 23.5 Å². The van der Waals surface area contributed by atoms with Gasteiger partial charge in [0.15, 0.2) is 0 Å². The van der Waals surface area contributed by atoms with Gasteiger partial charge in [-0.25, -0.2) is 0 Å². The Hall–Kier alpha value is -3.08. The van der Waals surface area contributed by atoms with Gasteiger partial charge in [0, 0.05) is 39.8 Å². The van der Waals surface area contributed by atoms with Crippen LogP contribution in [0.15, 0.2) is 37.0 Å². The first-order valence-corrected chi connectivity index (χ1v) is 17.7. The third-order valence-corrected chi connectivity index (χ3v) is 13.7. The molecule has 232 valence electrons. The van der Waals surface area contributed by atoms with Crippen molar-refractivity contribution in [2.24, 2.45) is 0 Å². The fourth-order valence-corrected chi connectivity index (χ4v) is 12.1. The summed E-state index contributed by atoms with van der Waals surface area (Å²) in [5.74, 6) is 0.914. The average Bonchev–Trinajstić information content (AvgIpc) is 3.55. The smallest absolute Gasteiger partial charge is 0.258 e. The Morgan fingerprint density at radius 2 is 1.16 bits per heavy atom. The van der Waals surface area contributed by atoms with E-state index in [0.29, 0.717) is 15.1 Å². The van der Waals surface area contributed by atoms with Gasteiger partial charge in [-0.05, 0) is 6.42 Å². The number of rotatable bonds is 13. The molecule has 2 aliphatic heterocycles. The molecule has 5 rings (SSSR count). The summed E-state index contributed by atoms with van der Waals surface area (Å²) in [4.78, 5) is 44.6. The minimum Gasteiger partial charge on any atom is -0.258 e. The predicted molar refractivity (Wildman–Crippen MR) is 178 cm³/mol. The lowest BCUT2D eigenvalue weighted by molar-refractivity contribution is -0.395. The van der Waals surface area contributed by atoms with Crippen molar-refractivity contribution in [3.63, 3.8) is 0 Å². The maximum Gasteiger partial charge on any atom is 0.284 e. The first-order chi connectivity index (χ1) is 21.1. The summed E-state index contributed by atoms with van der Waals surface area (Å²) in [5, 5.41) is 48.2. The fraction of sp³-hybridized carbons (Fsp3) is 0.429. The van der Waals surface area contributed by atoms with E-state index >= 15 is 0 Å². The molecule has 2 heterocycles. The zero-order valence-electron chi connectivity index (χ0n) is 23.6. The Morgan fingerprint density at radius 1 is 0.659 bits per heavy atom.